The van der Waals surface area contributed by atoms with Crippen molar-refractivity contribution in [3.8, 4) is 0 Å². The molecule has 14 heavy (non-hydrogen) atoms. The van der Waals surface area contributed by atoms with E-state index in [-0.39, 0.29) is 5.97 Å². The normalized spacial score (nSPS) is 11.2. The number of nitrogens with two attached hydrogens (primary N) is 2. The minimum absolute atomic E-state index is 0.311. The van der Waals surface area contributed by atoms with Crippen LogP contribution in [0.3, 0.4) is 0 Å². The minimum Gasteiger partial charge on any atom is -0.465 e. The van der Waals surface area contributed by atoms with Crippen LogP contribution in [0.15, 0.2) is 0 Å². The molecule has 0 aliphatic carbocycles. The Kier molecular flexibility index (Phi) is 14.5. The summed E-state index contributed by atoms with van der Waals surface area (Å²) in [5.74, 6) is -0.311. The van der Waals surface area contributed by atoms with Crippen molar-refractivity contribution >= 4 is 17.8 Å². The Bertz CT molecular complexity index is 136. The highest BCUT2D eigenvalue weighted by molar-refractivity contribution is 6.04. The minimum atomic E-state index is -0.475. The van der Waals surface area contributed by atoms with Gasteiger partial charge in [0.05, 0.1) is 18.5 Å². The summed E-state index contributed by atoms with van der Waals surface area (Å²) in [5, 5.41) is 0. The van der Waals surface area contributed by atoms with Gasteiger partial charge in [-0.2, -0.15) is 0 Å². The first kappa shape index (κ1) is 16.1. The van der Waals surface area contributed by atoms with Gasteiger partial charge in [0.1, 0.15) is 6.04 Å². The van der Waals surface area contributed by atoms with Crippen LogP contribution in [-0.2, 0) is 9.53 Å². The molecular weight excluding hydrogens is 208 g/mol. The third-order valence-electron chi connectivity index (χ3n) is 1.56. The number of carbonyl (C=O) groups excluding carboxylic acids is 1. The quantitative estimate of drug-likeness (QED) is 0.442. The number of hydrogen-bond donors (Lipinski definition) is 3. The molecule has 5 nitrogen and oxygen atoms in total. The molecule has 0 saturated carbocycles. The molecule has 0 aliphatic rings. The van der Waals surface area contributed by atoms with Crippen LogP contribution in [0.1, 0.15) is 26.2 Å². The average molecular weight is 227 g/mol. The van der Waals surface area contributed by atoms with Crippen LogP contribution in [0.25, 0.3) is 0 Å². The van der Waals surface area contributed by atoms with Crippen molar-refractivity contribution in [1.82, 2.24) is 0 Å². The van der Waals surface area contributed by atoms with E-state index < -0.39 is 6.04 Å². The van der Waals surface area contributed by atoms with Gasteiger partial charge in [0.15, 0.2) is 0 Å². The van der Waals surface area contributed by atoms with Crippen LogP contribution in [0.4, 0.5) is 0 Å². The largest absolute Gasteiger partial charge is 0.465 e. The predicted molar refractivity (Wildman–Crippen MR) is 55.6 cm³/mol. The smallest absolute Gasteiger partial charge is 0.322 e. The number of halogens is 1. The molecule has 0 saturated heterocycles. The zero-order chi connectivity index (χ0) is 11.4. The highest BCUT2D eigenvalue weighted by atomic mass is 35.5. The summed E-state index contributed by atoms with van der Waals surface area (Å²) in [5.41, 5.74) is 10.8. The van der Waals surface area contributed by atoms with Crippen LogP contribution in [0.5, 0.6) is 0 Å². The number of hydrogen-bond acceptors (Lipinski definition) is 5. The molecule has 0 aliphatic heterocycles. The second-order valence-electron chi connectivity index (χ2n) is 2.64. The zero-order valence-corrected chi connectivity index (χ0v) is 9.17. The molecule has 5 N–H and O–H groups in total. The number of ether oxygens (including phenoxy) is 1. The average Bonchev–Trinajstić information content (AvgIpc) is 2.21. The highest BCUT2D eigenvalue weighted by Crippen LogP contribution is 1.99. The molecule has 0 fully saturated rings. The van der Waals surface area contributed by atoms with E-state index in [1.165, 1.54) is 0 Å². The molecular formula is C8H19ClN2O3. The highest BCUT2D eigenvalue weighted by Gasteiger charge is 2.12. The number of rotatable bonds is 6. The van der Waals surface area contributed by atoms with Crippen LogP contribution in [0.2, 0.25) is 0 Å². The molecule has 6 heteroatoms. The van der Waals surface area contributed by atoms with Gasteiger partial charge in [-0.3, -0.25) is 9.45 Å². The Morgan fingerprint density at radius 1 is 1.50 bits per heavy atom. The van der Waals surface area contributed by atoms with E-state index in [1.807, 2.05) is 0 Å². The van der Waals surface area contributed by atoms with Crippen molar-refractivity contribution in [3.05, 3.63) is 0 Å². The number of unbranched alkanes of at least 4 members (excludes halogenated alkanes) is 1. The lowest BCUT2D eigenvalue weighted by Gasteiger charge is -2.09. The standard InChI is InChI=1S/C8H18N2O2.ClHO/c1-2-12-8(11)7(10)5-3-4-6-9;1-2/h7H,2-6,9-10H2,1H3;2H/t7-;/m0./s1. The third-order valence-corrected chi connectivity index (χ3v) is 1.56. The third kappa shape index (κ3) is 9.73. The van der Waals surface area contributed by atoms with Crippen molar-refractivity contribution in [2.24, 2.45) is 11.5 Å². The summed E-state index contributed by atoms with van der Waals surface area (Å²) in [6.45, 7) is 2.81. The maximum Gasteiger partial charge on any atom is 0.322 e. The van der Waals surface area contributed by atoms with Gasteiger partial charge in [-0.25, -0.2) is 0 Å². The molecule has 86 valence electrons. The molecule has 0 spiro atoms. The van der Waals surface area contributed by atoms with E-state index in [0.29, 0.717) is 19.6 Å². The zero-order valence-electron chi connectivity index (χ0n) is 8.41. The van der Waals surface area contributed by atoms with Crippen LogP contribution < -0.4 is 11.5 Å². The first-order chi connectivity index (χ1) is 6.72. The lowest BCUT2D eigenvalue weighted by molar-refractivity contribution is -0.144. The number of carbonyl (C=O) groups is 1. The fourth-order valence-electron chi connectivity index (χ4n) is 0.876. The first-order valence-corrected chi connectivity index (χ1v) is 4.85. The van der Waals surface area contributed by atoms with Gasteiger partial charge < -0.3 is 16.2 Å². The Morgan fingerprint density at radius 3 is 2.50 bits per heavy atom. The van der Waals surface area contributed by atoms with Gasteiger partial charge in [0, 0.05) is 0 Å². The predicted octanol–water partition coefficient (Wildman–Crippen LogP) is 0.138. The van der Waals surface area contributed by atoms with Gasteiger partial charge in [-0.1, -0.05) is 6.42 Å². The van der Waals surface area contributed by atoms with Crippen molar-refractivity contribution in [2.75, 3.05) is 13.2 Å². The molecule has 1 atom stereocenters. The molecule has 0 bridgehead atoms. The molecule has 0 aromatic heterocycles. The molecule has 0 unspecified atom stereocenters. The number of esters is 1. The maximum absolute atomic E-state index is 11.0. The Morgan fingerprint density at radius 2 is 2.07 bits per heavy atom. The van der Waals surface area contributed by atoms with Gasteiger partial charge in [0.25, 0.3) is 0 Å². The van der Waals surface area contributed by atoms with Crippen molar-refractivity contribution < 1.29 is 14.2 Å². The summed E-state index contributed by atoms with van der Waals surface area (Å²) >= 11 is 3.64. The van der Waals surface area contributed by atoms with E-state index in [2.05, 4.69) is 11.9 Å². The fraction of sp³-hybridized carbons (Fsp3) is 0.875. The van der Waals surface area contributed by atoms with Gasteiger partial charge in [-0.15, -0.1) is 0 Å². The molecule has 0 radical (unpaired) electrons. The second kappa shape index (κ2) is 12.6. The monoisotopic (exact) mass is 226 g/mol. The van der Waals surface area contributed by atoms with Gasteiger partial charge in [-0.05, 0) is 26.3 Å². The van der Waals surface area contributed by atoms with Crippen LogP contribution in [0, 0.1) is 0 Å². The van der Waals surface area contributed by atoms with E-state index in [9.17, 15) is 4.79 Å². The topological polar surface area (TPSA) is 98.6 Å². The molecule has 0 amide bonds. The SMILES string of the molecule is CCOC(=O)[C@@H](N)CCCCN.OCl. The van der Waals surface area contributed by atoms with E-state index in [0.717, 1.165) is 12.8 Å². The fourth-order valence-corrected chi connectivity index (χ4v) is 0.876. The summed E-state index contributed by atoms with van der Waals surface area (Å²) in [7, 11) is 0. The van der Waals surface area contributed by atoms with Gasteiger partial charge in [0.2, 0.25) is 0 Å². The second-order valence-corrected chi connectivity index (χ2v) is 2.64. The summed E-state index contributed by atoms with van der Waals surface area (Å²) < 4.78 is 11.2. The molecule has 0 rings (SSSR count). The molecule has 0 aromatic rings. The Hall–Kier alpha value is -0.360. The lowest BCUT2D eigenvalue weighted by Crippen LogP contribution is -2.32. The Labute approximate surface area is 89.5 Å². The van der Waals surface area contributed by atoms with E-state index >= 15 is 0 Å². The van der Waals surface area contributed by atoms with E-state index in [1.54, 1.807) is 6.92 Å². The molecule has 0 heterocycles. The summed E-state index contributed by atoms with van der Waals surface area (Å²) in [6, 6.07) is -0.475. The summed E-state index contributed by atoms with van der Waals surface area (Å²) in [4.78, 5) is 11.0. The van der Waals surface area contributed by atoms with Crippen molar-refractivity contribution in [2.45, 2.75) is 32.2 Å². The Balaban J connectivity index is 0. The molecule has 0 aromatic carbocycles. The van der Waals surface area contributed by atoms with Crippen molar-refractivity contribution in [3.63, 3.8) is 0 Å². The maximum atomic E-state index is 11.0. The van der Waals surface area contributed by atoms with Crippen LogP contribution in [-0.4, -0.2) is 29.8 Å². The van der Waals surface area contributed by atoms with Crippen LogP contribution >= 0.6 is 11.9 Å². The van der Waals surface area contributed by atoms with Gasteiger partial charge >= 0.3 is 5.97 Å². The summed E-state index contributed by atoms with van der Waals surface area (Å²) in [6.07, 6.45) is 2.46. The first-order valence-electron chi connectivity index (χ1n) is 4.51. The lowest BCUT2D eigenvalue weighted by atomic mass is 10.1. The van der Waals surface area contributed by atoms with Crippen molar-refractivity contribution in [1.29, 1.82) is 0 Å². The van der Waals surface area contributed by atoms with E-state index in [4.69, 9.17) is 20.9 Å².